The van der Waals surface area contributed by atoms with Crippen molar-refractivity contribution in [3.8, 4) is 0 Å². The average Bonchev–Trinajstić information content (AvgIpc) is 2.33. The number of anilines is 1. The van der Waals surface area contributed by atoms with Crippen LogP contribution in [0.5, 0.6) is 0 Å². The average molecular weight is 275 g/mol. The first kappa shape index (κ1) is 15.3. The van der Waals surface area contributed by atoms with Gasteiger partial charge in [0.1, 0.15) is 0 Å². The zero-order chi connectivity index (χ0) is 14.4. The maximum Gasteiger partial charge on any atom is 0.295 e. The van der Waals surface area contributed by atoms with Gasteiger partial charge in [0.05, 0.1) is 11.0 Å². The van der Waals surface area contributed by atoms with Gasteiger partial charge in [0.2, 0.25) is 0 Å². The van der Waals surface area contributed by atoms with Gasteiger partial charge < -0.3 is 15.7 Å². The zero-order valence-corrected chi connectivity index (χ0v) is 10.3. The van der Waals surface area contributed by atoms with Crippen LogP contribution < -0.4 is 10.6 Å². The maximum absolute atomic E-state index is 13.5. The van der Waals surface area contributed by atoms with Crippen molar-refractivity contribution in [1.29, 1.82) is 0 Å². The number of aliphatic hydroxyl groups excluding tert-OH is 1. The fraction of sp³-hybridized carbons (Fsp3) is 0.455. The lowest BCUT2D eigenvalue weighted by atomic mass is 10.2. The normalized spacial score (nSPS) is 12.2. The second kappa shape index (κ2) is 6.95. The third-order valence-corrected chi connectivity index (χ3v) is 2.31. The first-order chi connectivity index (χ1) is 8.93. The molecule has 0 aliphatic heterocycles. The number of rotatable bonds is 7. The molecule has 0 saturated heterocycles. The standard InChI is InChI=1S/C11H15F2N3O3/c1-7(17)6-14-4-5-15-11-9(16(18)19)3-2-8(12)10(11)13/h2-3,7,14-15,17H,4-6H2,1H3. The molecule has 6 nitrogen and oxygen atoms in total. The molecule has 1 atom stereocenters. The number of aliphatic hydroxyl groups is 1. The van der Waals surface area contributed by atoms with Crippen LogP contribution in [-0.2, 0) is 0 Å². The highest BCUT2D eigenvalue weighted by molar-refractivity contribution is 5.62. The van der Waals surface area contributed by atoms with Crippen LogP contribution in [0.2, 0.25) is 0 Å². The molecule has 0 aliphatic carbocycles. The van der Waals surface area contributed by atoms with Crippen LogP contribution in [0.15, 0.2) is 12.1 Å². The van der Waals surface area contributed by atoms with Gasteiger partial charge in [-0.25, -0.2) is 8.78 Å². The van der Waals surface area contributed by atoms with Gasteiger partial charge in [-0.3, -0.25) is 10.1 Å². The van der Waals surface area contributed by atoms with Crippen LogP contribution in [0.1, 0.15) is 6.92 Å². The Kier molecular flexibility index (Phi) is 5.58. The van der Waals surface area contributed by atoms with Gasteiger partial charge in [0.15, 0.2) is 17.3 Å². The van der Waals surface area contributed by atoms with Crippen molar-refractivity contribution in [2.24, 2.45) is 0 Å². The molecule has 0 aliphatic rings. The summed E-state index contributed by atoms with van der Waals surface area (Å²) < 4.78 is 26.5. The van der Waals surface area contributed by atoms with Crippen LogP contribution in [0.25, 0.3) is 0 Å². The van der Waals surface area contributed by atoms with E-state index in [1.807, 2.05) is 0 Å². The monoisotopic (exact) mass is 275 g/mol. The lowest BCUT2D eigenvalue weighted by Gasteiger charge is -2.10. The molecule has 1 unspecified atom stereocenters. The van der Waals surface area contributed by atoms with Crippen molar-refractivity contribution in [3.63, 3.8) is 0 Å². The summed E-state index contributed by atoms with van der Waals surface area (Å²) in [6, 6.07) is 1.62. The Morgan fingerprint density at radius 3 is 2.68 bits per heavy atom. The summed E-state index contributed by atoms with van der Waals surface area (Å²) in [5.41, 5.74) is -0.988. The molecule has 0 radical (unpaired) electrons. The molecule has 19 heavy (non-hydrogen) atoms. The minimum absolute atomic E-state index is 0.161. The molecule has 106 valence electrons. The van der Waals surface area contributed by atoms with E-state index in [1.165, 1.54) is 0 Å². The van der Waals surface area contributed by atoms with Gasteiger partial charge in [0.25, 0.3) is 5.69 Å². The summed E-state index contributed by atoms with van der Waals surface area (Å²) in [5, 5.41) is 25.0. The van der Waals surface area contributed by atoms with E-state index in [1.54, 1.807) is 6.92 Å². The minimum Gasteiger partial charge on any atom is -0.392 e. The van der Waals surface area contributed by atoms with Crippen molar-refractivity contribution in [2.45, 2.75) is 13.0 Å². The lowest BCUT2D eigenvalue weighted by Crippen LogP contribution is -2.29. The Labute approximate surface area is 108 Å². The van der Waals surface area contributed by atoms with E-state index >= 15 is 0 Å². The summed E-state index contributed by atoms with van der Waals surface area (Å²) in [7, 11) is 0. The number of hydrogen-bond donors (Lipinski definition) is 3. The number of nitro groups is 1. The zero-order valence-electron chi connectivity index (χ0n) is 10.3. The number of halogens is 2. The van der Waals surface area contributed by atoms with E-state index < -0.39 is 34.0 Å². The minimum atomic E-state index is -1.27. The van der Waals surface area contributed by atoms with Crippen molar-refractivity contribution in [3.05, 3.63) is 33.9 Å². The topological polar surface area (TPSA) is 87.4 Å². The third kappa shape index (κ3) is 4.42. The lowest BCUT2D eigenvalue weighted by molar-refractivity contribution is -0.384. The Balaban J connectivity index is 2.66. The van der Waals surface area contributed by atoms with Crippen molar-refractivity contribution < 1.29 is 18.8 Å². The molecule has 1 rings (SSSR count). The predicted octanol–water partition coefficient (Wildman–Crippen LogP) is 1.26. The van der Waals surface area contributed by atoms with Crippen LogP contribution in [0.4, 0.5) is 20.2 Å². The first-order valence-electron chi connectivity index (χ1n) is 5.68. The Bertz CT molecular complexity index is 455. The van der Waals surface area contributed by atoms with Gasteiger partial charge in [-0.2, -0.15) is 0 Å². The van der Waals surface area contributed by atoms with Crippen LogP contribution in [0.3, 0.4) is 0 Å². The van der Waals surface area contributed by atoms with Crippen LogP contribution in [-0.4, -0.2) is 35.8 Å². The Hall–Kier alpha value is -1.80. The molecule has 0 heterocycles. The van der Waals surface area contributed by atoms with Crippen molar-refractivity contribution in [2.75, 3.05) is 25.0 Å². The molecule has 3 N–H and O–H groups in total. The third-order valence-electron chi connectivity index (χ3n) is 2.31. The number of nitro benzene ring substituents is 1. The molecule has 1 aromatic carbocycles. The molecule has 0 amide bonds. The van der Waals surface area contributed by atoms with E-state index in [2.05, 4.69) is 10.6 Å². The summed E-state index contributed by atoms with van der Waals surface area (Å²) in [6.07, 6.45) is -0.528. The SMILES string of the molecule is CC(O)CNCCNc1c([N+](=O)[O-])ccc(F)c1F. The molecule has 0 aromatic heterocycles. The molecule has 0 bridgehead atoms. The molecular formula is C11H15F2N3O3. The Morgan fingerprint density at radius 1 is 1.42 bits per heavy atom. The number of hydrogen-bond acceptors (Lipinski definition) is 5. The van der Waals surface area contributed by atoms with E-state index in [9.17, 15) is 18.9 Å². The highest BCUT2D eigenvalue weighted by Gasteiger charge is 2.20. The van der Waals surface area contributed by atoms with Crippen molar-refractivity contribution in [1.82, 2.24) is 5.32 Å². The highest BCUT2D eigenvalue weighted by Crippen LogP contribution is 2.28. The van der Waals surface area contributed by atoms with Crippen molar-refractivity contribution >= 4 is 11.4 Å². The molecule has 0 spiro atoms. The predicted molar refractivity (Wildman–Crippen MR) is 66.1 cm³/mol. The molecule has 1 aromatic rings. The first-order valence-corrected chi connectivity index (χ1v) is 5.68. The van der Waals surface area contributed by atoms with E-state index in [-0.39, 0.29) is 6.54 Å². The number of benzene rings is 1. The van der Waals surface area contributed by atoms with E-state index in [0.717, 1.165) is 6.07 Å². The Morgan fingerprint density at radius 2 is 2.11 bits per heavy atom. The molecular weight excluding hydrogens is 260 g/mol. The quantitative estimate of drug-likeness (QED) is 0.396. The summed E-state index contributed by atoms with van der Waals surface area (Å²) in [6.45, 7) is 2.44. The summed E-state index contributed by atoms with van der Waals surface area (Å²) in [4.78, 5) is 9.91. The summed E-state index contributed by atoms with van der Waals surface area (Å²) >= 11 is 0. The van der Waals surface area contributed by atoms with Gasteiger partial charge in [-0.1, -0.05) is 0 Å². The smallest absolute Gasteiger partial charge is 0.295 e. The maximum atomic E-state index is 13.5. The fourth-order valence-corrected chi connectivity index (χ4v) is 1.45. The van der Waals surface area contributed by atoms with Gasteiger partial charge in [0, 0.05) is 25.7 Å². The van der Waals surface area contributed by atoms with Crippen LogP contribution >= 0.6 is 0 Å². The highest BCUT2D eigenvalue weighted by atomic mass is 19.2. The van der Waals surface area contributed by atoms with E-state index in [0.29, 0.717) is 19.2 Å². The summed E-state index contributed by atoms with van der Waals surface area (Å²) in [5.74, 6) is -2.42. The molecule has 8 heteroatoms. The molecule has 0 fully saturated rings. The molecule has 0 saturated carbocycles. The van der Waals surface area contributed by atoms with E-state index in [4.69, 9.17) is 5.11 Å². The second-order valence-electron chi connectivity index (χ2n) is 3.99. The largest absolute Gasteiger partial charge is 0.392 e. The van der Waals surface area contributed by atoms with Crippen LogP contribution in [0, 0.1) is 21.7 Å². The number of nitrogens with zero attached hydrogens (tertiary/aromatic N) is 1. The van der Waals surface area contributed by atoms with Gasteiger partial charge in [-0.05, 0) is 13.0 Å². The van der Waals surface area contributed by atoms with Gasteiger partial charge in [-0.15, -0.1) is 0 Å². The van der Waals surface area contributed by atoms with Gasteiger partial charge >= 0.3 is 0 Å². The fourth-order valence-electron chi connectivity index (χ4n) is 1.45. The number of nitrogens with one attached hydrogen (secondary N) is 2. The second-order valence-corrected chi connectivity index (χ2v) is 3.99.